The number of carbonyl (C=O) groups excluding carboxylic acids is 1. The Labute approximate surface area is 196 Å². The predicted molar refractivity (Wildman–Crippen MR) is 128 cm³/mol. The molecule has 2 aromatic heterocycles. The molecule has 1 atom stereocenters. The highest BCUT2D eigenvalue weighted by Crippen LogP contribution is 2.31. The van der Waals surface area contributed by atoms with E-state index in [4.69, 9.17) is 9.47 Å². The van der Waals surface area contributed by atoms with Gasteiger partial charge >= 0.3 is 0 Å². The molecule has 2 aromatic carbocycles. The van der Waals surface area contributed by atoms with E-state index >= 15 is 0 Å². The maximum Gasteiger partial charge on any atom is 0.196 e. The van der Waals surface area contributed by atoms with Gasteiger partial charge in [-0.3, -0.25) is 14.3 Å². The van der Waals surface area contributed by atoms with Crippen LogP contribution in [0, 0.1) is 0 Å². The minimum atomic E-state index is -0.370. The Morgan fingerprint density at radius 3 is 2.39 bits per heavy atom. The van der Waals surface area contributed by atoms with Crippen molar-refractivity contribution in [2.75, 3.05) is 13.7 Å². The van der Waals surface area contributed by atoms with Gasteiger partial charge in [-0.25, -0.2) is 0 Å². The van der Waals surface area contributed by atoms with Crippen LogP contribution in [0.25, 0.3) is 17.1 Å². The molecule has 2 heterocycles. The van der Waals surface area contributed by atoms with Crippen molar-refractivity contribution in [1.29, 1.82) is 0 Å². The first kappa shape index (κ1) is 22.5. The highest BCUT2D eigenvalue weighted by atomic mass is 32.2. The molecule has 33 heavy (non-hydrogen) atoms. The third-order valence-electron chi connectivity index (χ3n) is 4.98. The smallest absolute Gasteiger partial charge is 0.196 e. The summed E-state index contributed by atoms with van der Waals surface area (Å²) < 4.78 is 12.7. The first-order valence-electron chi connectivity index (χ1n) is 10.5. The lowest BCUT2D eigenvalue weighted by molar-refractivity contribution is 0.0994. The molecule has 0 radical (unpaired) electrons. The summed E-state index contributed by atoms with van der Waals surface area (Å²) in [7, 11) is 1.60. The zero-order valence-corrected chi connectivity index (χ0v) is 19.5. The molecule has 0 N–H and O–H groups in total. The van der Waals surface area contributed by atoms with Crippen LogP contribution in [0.2, 0.25) is 0 Å². The molecular formula is C25H24N4O3S. The van der Waals surface area contributed by atoms with Crippen molar-refractivity contribution >= 4 is 17.5 Å². The number of ether oxygens (including phenoxy) is 2. The number of ketones is 1. The number of hydrogen-bond acceptors (Lipinski definition) is 7. The van der Waals surface area contributed by atoms with Crippen molar-refractivity contribution in [3.8, 4) is 28.6 Å². The van der Waals surface area contributed by atoms with Gasteiger partial charge in [0.2, 0.25) is 0 Å². The van der Waals surface area contributed by atoms with Crippen LogP contribution in [0.5, 0.6) is 11.5 Å². The second-order valence-electron chi connectivity index (χ2n) is 7.16. The Bertz CT molecular complexity index is 1210. The molecular weight excluding hydrogens is 436 g/mol. The van der Waals surface area contributed by atoms with E-state index in [1.54, 1.807) is 43.8 Å². The molecule has 0 saturated carbocycles. The number of aromatic nitrogens is 4. The fourth-order valence-corrected chi connectivity index (χ4v) is 4.27. The minimum absolute atomic E-state index is 0.00632. The van der Waals surface area contributed by atoms with E-state index in [0.717, 1.165) is 17.0 Å². The SMILES string of the molecule is CCOc1ccc(-n2c(S[C@H](C)C(=O)c3ccc(OC)cc3)nnc2-c2cccnc2)cc1. The molecule has 8 heteroatoms. The van der Waals surface area contributed by atoms with Crippen LogP contribution >= 0.6 is 11.8 Å². The molecule has 0 aliphatic heterocycles. The predicted octanol–water partition coefficient (Wildman–Crippen LogP) is 5.10. The molecule has 4 aromatic rings. The Balaban J connectivity index is 1.67. The van der Waals surface area contributed by atoms with E-state index in [0.29, 0.717) is 28.9 Å². The van der Waals surface area contributed by atoms with Gasteiger partial charge in [-0.1, -0.05) is 11.8 Å². The number of nitrogens with zero attached hydrogens (tertiary/aromatic N) is 4. The first-order valence-corrected chi connectivity index (χ1v) is 11.4. The highest BCUT2D eigenvalue weighted by molar-refractivity contribution is 8.00. The molecule has 0 amide bonds. The average molecular weight is 461 g/mol. The van der Waals surface area contributed by atoms with Crippen LogP contribution in [-0.4, -0.2) is 44.5 Å². The molecule has 0 aliphatic carbocycles. The molecule has 0 fully saturated rings. The Morgan fingerprint density at radius 2 is 1.76 bits per heavy atom. The zero-order valence-electron chi connectivity index (χ0n) is 18.6. The van der Waals surface area contributed by atoms with Crippen molar-refractivity contribution in [2.45, 2.75) is 24.3 Å². The van der Waals surface area contributed by atoms with Crippen molar-refractivity contribution in [3.63, 3.8) is 0 Å². The number of rotatable bonds is 9. The normalized spacial score (nSPS) is 11.7. The second kappa shape index (κ2) is 10.3. The number of methoxy groups -OCH3 is 1. The molecule has 7 nitrogen and oxygen atoms in total. The molecule has 4 rings (SSSR count). The lowest BCUT2D eigenvalue weighted by Gasteiger charge is -2.14. The number of pyridine rings is 1. The van der Waals surface area contributed by atoms with Crippen molar-refractivity contribution in [2.24, 2.45) is 0 Å². The van der Waals surface area contributed by atoms with Crippen LogP contribution in [0.1, 0.15) is 24.2 Å². The largest absolute Gasteiger partial charge is 0.497 e. The molecule has 0 unspecified atom stereocenters. The molecule has 0 aliphatic rings. The fourth-order valence-electron chi connectivity index (χ4n) is 3.32. The summed E-state index contributed by atoms with van der Waals surface area (Å²) in [6.07, 6.45) is 3.46. The van der Waals surface area contributed by atoms with Gasteiger partial charge in [0, 0.05) is 29.2 Å². The van der Waals surface area contributed by atoms with Gasteiger partial charge in [-0.05, 0) is 74.5 Å². The number of benzene rings is 2. The third-order valence-corrected chi connectivity index (χ3v) is 6.03. The molecule has 0 spiro atoms. The lowest BCUT2D eigenvalue weighted by Crippen LogP contribution is -2.14. The van der Waals surface area contributed by atoms with E-state index < -0.39 is 0 Å². The minimum Gasteiger partial charge on any atom is -0.497 e. The van der Waals surface area contributed by atoms with Crippen LogP contribution < -0.4 is 9.47 Å². The van der Waals surface area contributed by atoms with Gasteiger partial charge in [0.25, 0.3) is 0 Å². The maximum atomic E-state index is 13.0. The second-order valence-corrected chi connectivity index (χ2v) is 8.47. The summed E-state index contributed by atoms with van der Waals surface area (Å²) in [6.45, 7) is 4.42. The van der Waals surface area contributed by atoms with Gasteiger partial charge in [0.05, 0.1) is 19.0 Å². The fraction of sp³-hybridized carbons (Fsp3) is 0.200. The first-order chi connectivity index (χ1) is 16.1. The number of hydrogen-bond donors (Lipinski definition) is 0. The summed E-state index contributed by atoms with van der Waals surface area (Å²) in [6, 6.07) is 18.6. The number of carbonyl (C=O) groups is 1. The summed E-state index contributed by atoms with van der Waals surface area (Å²) >= 11 is 1.36. The van der Waals surface area contributed by atoms with Gasteiger partial charge < -0.3 is 9.47 Å². The zero-order chi connectivity index (χ0) is 23.2. The van der Waals surface area contributed by atoms with E-state index in [1.807, 2.05) is 54.8 Å². The van der Waals surface area contributed by atoms with Crippen LogP contribution in [0.3, 0.4) is 0 Å². The number of Topliss-reactive ketones (excluding diaryl/α,β-unsaturated/α-hetero) is 1. The highest BCUT2D eigenvalue weighted by Gasteiger charge is 2.23. The summed E-state index contributed by atoms with van der Waals surface area (Å²) in [5, 5.41) is 9.09. The van der Waals surface area contributed by atoms with Crippen LogP contribution in [0.4, 0.5) is 0 Å². The van der Waals surface area contributed by atoms with E-state index in [9.17, 15) is 4.79 Å². The molecule has 168 valence electrons. The van der Waals surface area contributed by atoms with Gasteiger partial charge in [-0.15, -0.1) is 10.2 Å². The summed E-state index contributed by atoms with van der Waals surface area (Å²) in [5.74, 6) is 2.16. The van der Waals surface area contributed by atoms with E-state index in [-0.39, 0.29) is 11.0 Å². The Hall–Kier alpha value is -3.65. The van der Waals surface area contributed by atoms with Crippen molar-refractivity contribution in [1.82, 2.24) is 19.7 Å². The van der Waals surface area contributed by atoms with Crippen molar-refractivity contribution in [3.05, 3.63) is 78.6 Å². The maximum absolute atomic E-state index is 13.0. The van der Waals surface area contributed by atoms with Gasteiger partial charge in [-0.2, -0.15) is 0 Å². The summed E-state index contributed by atoms with van der Waals surface area (Å²) in [5.41, 5.74) is 2.32. The monoisotopic (exact) mass is 460 g/mol. The molecule has 0 saturated heterocycles. The van der Waals surface area contributed by atoms with Gasteiger partial charge in [0.15, 0.2) is 16.8 Å². The Kier molecular flexibility index (Phi) is 7.04. The Morgan fingerprint density at radius 1 is 1.03 bits per heavy atom. The third kappa shape index (κ3) is 5.06. The van der Waals surface area contributed by atoms with Crippen LogP contribution in [-0.2, 0) is 0 Å². The average Bonchev–Trinajstić information content (AvgIpc) is 3.28. The van der Waals surface area contributed by atoms with Crippen LogP contribution in [0.15, 0.2) is 78.2 Å². The summed E-state index contributed by atoms with van der Waals surface area (Å²) in [4.78, 5) is 17.3. The quantitative estimate of drug-likeness (QED) is 0.254. The molecule has 0 bridgehead atoms. The standard InChI is InChI=1S/C25H24N4O3S/c1-4-32-22-13-9-20(10-14-22)29-24(19-6-5-15-26-16-19)27-28-25(29)33-17(2)23(30)18-7-11-21(31-3)12-8-18/h5-17H,4H2,1-3H3/t17-/m1/s1. The van der Waals surface area contributed by atoms with E-state index in [1.165, 1.54) is 11.8 Å². The number of thioether (sulfide) groups is 1. The van der Waals surface area contributed by atoms with E-state index in [2.05, 4.69) is 15.2 Å². The topological polar surface area (TPSA) is 79.1 Å². The van der Waals surface area contributed by atoms with Crippen molar-refractivity contribution < 1.29 is 14.3 Å². The van der Waals surface area contributed by atoms with Gasteiger partial charge in [0.1, 0.15) is 11.5 Å². The lowest BCUT2D eigenvalue weighted by atomic mass is 10.1.